The van der Waals surface area contributed by atoms with Crippen molar-refractivity contribution in [2.45, 2.75) is 25.9 Å². The SMILES string of the molecule is Cc1cc(NC2CCN(Cc3ccccc3)C2)ccc1N. The number of nitrogens with zero attached hydrogens (tertiary/aromatic N) is 1. The molecular formula is C18H23N3. The molecule has 1 unspecified atom stereocenters. The number of benzene rings is 2. The van der Waals surface area contributed by atoms with Crippen molar-refractivity contribution in [3.8, 4) is 0 Å². The maximum atomic E-state index is 5.87. The van der Waals surface area contributed by atoms with E-state index in [1.807, 2.05) is 6.07 Å². The van der Waals surface area contributed by atoms with Gasteiger partial charge in [0.2, 0.25) is 0 Å². The van der Waals surface area contributed by atoms with E-state index >= 15 is 0 Å². The zero-order valence-electron chi connectivity index (χ0n) is 12.5. The zero-order chi connectivity index (χ0) is 14.7. The first kappa shape index (κ1) is 14.0. The number of nitrogens with two attached hydrogens (primary N) is 1. The minimum atomic E-state index is 0.525. The molecule has 2 aromatic carbocycles. The predicted octanol–water partition coefficient (Wildman–Crippen LogP) is 3.26. The van der Waals surface area contributed by atoms with Gasteiger partial charge in [-0.05, 0) is 42.7 Å². The molecule has 3 nitrogen and oxygen atoms in total. The van der Waals surface area contributed by atoms with E-state index in [-0.39, 0.29) is 0 Å². The Labute approximate surface area is 126 Å². The summed E-state index contributed by atoms with van der Waals surface area (Å²) in [6.07, 6.45) is 1.19. The van der Waals surface area contributed by atoms with Crippen LogP contribution < -0.4 is 11.1 Å². The number of hydrogen-bond donors (Lipinski definition) is 2. The summed E-state index contributed by atoms with van der Waals surface area (Å²) in [6, 6.07) is 17.4. The zero-order valence-corrected chi connectivity index (χ0v) is 12.5. The number of anilines is 2. The molecule has 1 aliphatic heterocycles. The van der Waals surface area contributed by atoms with Gasteiger partial charge in [-0.3, -0.25) is 4.90 Å². The Bertz CT molecular complexity index is 595. The number of rotatable bonds is 4. The molecule has 0 bridgehead atoms. The van der Waals surface area contributed by atoms with Crippen molar-refractivity contribution in [2.24, 2.45) is 0 Å². The Hall–Kier alpha value is -2.00. The number of aryl methyl sites for hydroxylation is 1. The van der Waals surface area contributed by atoms with Crippen LogP contribution in [0, 0.1) is 6.92 Å². The molecule has 2 aromatic rings. The third-order valence-corrected chi connectivity index (χ3v) is 4.16. The highest BCUT2D eigenvalue weighted by Gasteiger charge is 2.22. The van der Waals surface area contributed by atoms with E-state index in [4.69, 9.17) is 5.73 Å². The predicted molar refractivity (Wildman–Crippen MR) is 89.3 cm³/mol. The van der Waals surface area contributed by atoms with Crippen molar-refractivity contribution in [2.75, 3.05) is 24.1 Å². The van der Waals surface area contributed by atoms with E-state index in [0.717, 1.165) is 30.9 Å². The molecule has 0 aliphatic carbocycles. The summed E-state index contributed by atoms with van der Waals surface area (Å²) in [7, 11) is 0. The first-order valence-corrected chi connectivity index (χ1v) is 7.59. The van der Waals surface area contributed by atoms with E-state index < -0.39 is 0 Å². The maximum absolute atomic E-state index is 5.87. The largest absolute Gasteiger partial charge is 0.399 e. The van der Waals surface area contributed by atoms with Crippen LogP contribution in [0.2, 0.25) is 0 Å². The van der Waals surface area contributed by atoms with Gasteiger partial charge in [0.1, 0.15) is 0 Å². The summed E-state index contributed by atoms with van der Waals surface area (Å²) in [5, 5.41) is 3.63. The Morgan fingerprint density at radius 1 is 1.19 bits per heavy atom. The highest BCUT2D eigenvalue weighted by atomic mass is 15.2. The highest BCUT2D eigenvalue weighted by Crippen LogP contribution is 2.21. The summed E-state index contributed by atoms with van der Waals surface area (Å²) in [5.74, 6) is 0. The smallest absolute Gasteiger partial charge is 0.0400 e. The summed E-state index contributed by atoms with van der Waals surface area (Å²) in [6.45, 7) is 5.34. The Morgan fingerprint density at radius 2 is 2.00 bits per heavy atom. The molecule has 3 rings (SSSR count). The molecule has 0 radical (unpaired) electrons. The fourth-order valence-electron chi connectivity index (χ4n) is 2.94. The Kier molecular flexibility index (Phi) is 4.11. The van der Waals surface area contributed by atoms with Crippen LogP contribution in [-0.2, 0) is 6.54 Å². The van der Waals surface area contributed by atoms with Crippen molar-refractivity contribution in [1.29, 1.82) is 0 Å². The van der Waals surface area contributed by atoms with E-state index in [2.05, 4.69) is 59.6 Å². The standard InChI is InChI=1S/C18H23N3/c1-14-11-16(7-8-18(14)19)20-17-9-10-21(13-17)12-15-5-3-2-4-6-15/h2-8,11,17,20H,9-10,12-13,19H2,1H3. The van der Waals surface area contributed by atoms with E-state index in [1.165, 1.54) is 17.7 Å². The van der Waals surface area contributed by atoms with Crippen LogP contribution in [-0.4, -0.2) is 24.0 Å². The molecule has 1 atom stereocenters. The topological polar surface area (TPSA) is 41.3 Å². The lowest BCUT2D eigenvalue weighted by atomic mass is 10.1. The fraction of sp³-hybridized carbons (Fsp3) is 0.333. The lowest BCUT2D eigenvalue weighted by Gasteiger charge is -2.18. The lowest BCUT2D eigenvalue weighted by molar-refractivity contribution is 0.328. The summed E-state index contributed by atoms with van der Waals surface area (Å²) in [5.41, 5.74) is 10.4. The van der Waals surface area contributed by atoms with Gasteiger partial charge in [0, 0.05) is 37.1 Å². The average Bonchev–Trinajstić information content (AvgIpc) is 2.91. The van der Waals surface area contributed by atoms with Crippen LogP contribution >= 0.6 is 0 Å². The molecule has 1 aliphatic rings. The third kappa shape index (κ3) is 3.56. The molecule has 3 N–H and O–H groups in total. The molecule has 1 saturated heterocycles. The summed E-state index contributed by atoms with van der Waals surface area (Å²) >= 11 is 0. The van der Waals surface area contributed by atoms with Gasteiger partial charge in [-0.15, -0.1) is 0 Å². The number of likely N-dealkylation sites (tertiary alicyclic amines) is 1. The van der Waals surface area contributed by atoms with Gasteiger partial charge in [-0.2, -0.15) is 0 Å². The second-order valence-corrected chi connectivity index (χ2v) is 5.92. The van der Waals surface area contributed by atoms with Gasteiger partial charge in [-0.1, -0.05) is 30.3 Å². The average molecular weight is 281 g/mol. The first-order valence-electron chi connectivity index (χ1n) is 7.59. The van der Waals surface area contributed by atoms with Crippen LogP contribution in [0.15, 0.2) is 48.5 Å². The minimum absolute atomic E-state index is 0.525. The van der Waals surface area contributed by atoms with Gasteiger partial charge in [0.25, 0.3) is 0 Å². The van der Waals surface area contributed by atoms with Crippen molar-refractivity contribution < 1.29 is 0 Å². The molecule has 0 aromatic heterocycles. The summed E-state index contributed by atoms with van der Waals surface area (Å²) in [4.78, 5) is 2.51. The molecular weight excluding hydrogens is 258 g/mol. The van der Waals surface area contributed by atoms with Crippen LogP contribution in [0.3, 0.4) is 0 Å². The van der Waals surface area contributed by atoms with Crippen molar-refractivity contribution >= 4 is 11.4 Å². The molecule has 0 spiro atoms. The van der Waals surface area contributed by atoms with Gasteiger partial charge in [-0.25, -0.2) is 0 Å². The van der Waals surface area contributed by atoms with Crippen molar-refractivity contribution in [1.82, 2.24) is 4.90 Å². The van der Waals surface area contributed by atoms with Crippen molar-refractivity contribution in [3.05, 3.63) is 59.7 Å². The van der Waals surface area contributed by atoms with Crippen LogP contribution in [0.1, 0.15) is 17.5 Å². The molecule has 1 heterocycles. The Balaban J connectivity index is 1.56. The van der Waals surface area contributed by atoms with Crippen molar-refractivity contribution in [3.63, 3.8) is 0 Å². The highest BCUT2D eigenvalue weighted by molar-refractivity contribution is 5.57. The molecule has 1 fully saturated rings. The van der Waals surface area contributed by atoms with Gasteiger partial charge in [0.15, 0.2) is 0 Å². The molecule has 110 valence electrons. The second kappa shape index (κ2) is 6.19. The van der Waals surface area contributed by atoms with E-state index in [1.54, 1.807) is 0 Å². The monoisotopic (exact) mass is 281 g/mol. The Morgan fingerprint density at radius 3 is 2.76 bits per heavy atom. The fourth-order valence-corrected chi connectivity index (χ4v) is 2.94. The number of nitrogen functional groups attached to an aromatic ring is 1. The van der Waals surface area contributed by atoms with E-state index in [9.17, 15) is 0 Å². The third-order valence-electron chi connectivity index (χ3n) is 4.16. The quantitative estimate of drug-likeness (QED) is 0.845. The van der Waals surface area contributed by atoms with Gasteiger partial charge < -0.3 is 11.1 Å². The van der Waals surface area contributed by atoms with E-state index in [0.29, 0.717) is 6.04 Å². The maximum Gasteiger partial charge on any atom is 0.0400 e. The van der Waals surface area contributed by atoms with Crippen LogP contribution in [0.4, 0.5) is 11.4 Å². The van der Waals surface area contributed by atoms with Gasteiger partial charge >= 0.3 is 0 Å². The molecule has 21 heavy (non-hydrogen) atoms. The molecule has 0 amide bonds. The summed E-state index contributed by atoms with van der Waals surface area (Å²) < 4.78 is 0. The van der Waals surface area contributed by atoms with Crippen LogP contribution in [0.5, 0.6) is 0 Å². The van der Waals surface area contributed by atoms with Crippen LogP contribution in [0.25, 0.3) is 0 Å². The minimum Gasteiger partial charge on any atom is -0.399 e. The normalized spacial score (nSPS) is 18.8. The number of hydrogen-bond acceptors (Lipinski definition) is 3. The molecule has 0 saturated carbocycles. The molecule has 3 heteroatoms. The van der Waals surface area contributed by atoms with Gasteiger partial charge in [0.05, 0.1) is 0 Å². The first-order chi connectivity index (χ1) is 10.2. The lowest BCUT2D eigenvalue weighted by Crippen LogP contribution is -2.26. The number of nitrogens with one attached hydrogen (secondary N) is 1. The second-order valence-electron chi connectivity index (χ2n) is 5.92.